The first kappa shape index (κ1) is 9.38. The molecule has 0 aromatic heterocycles. The number of quaternary nitrogens is 1. The van der Waals surface area contributed by atoms with E-state index in [0.29, 0.717) is 4.90 Å². The summed E-state index contributed by atoms with van der Waals surface area (Å²) in [6.45, 7) is 1.94. The van der Waals surface area contributed by atoms with E-state index in [-0.39, 0.29) is 4.47 Å². The summed E-state index contributed by atoms with van der Waals surface area (Å²) in [4.78, 5) is 0.577. The zero-order valence-corrected chi connectivity index (χ0v) is 7.85. The molecular formula is C8H11NO2S. The Hall–Kier alpha value is -0.710. The molecule has 0 aliphatic heterocycles. The van der Waals surface area contributed by atoms with Gasteiger partial charge in [0.1, 0.15) is 0 Å². The lowest BCUT2D eigenvalue weighted by Crippen LogP contribution is -3.03. The monoisotopic (exact) mass is 185 g/mol. The summed E-state index contributed by atoms with van der Waals surface area (Å²) in [5, 5.41) is 10.7. The van der Waals surface area contributed by atoms with Crippen molar-refractivity contribution in [1.82, 2.24) is 0 Å². The maximum Gasteiger partial charge on any atom is 0.238 e. The molecule has 0 saturated carbocycles. The number of hydrogen-bond acceptors (Lipinski definition) is 2. The molecule has 0 heterocycles. The molecule has 0 bridgehead atoms. The third-order valence-electron chi connectivity index (χ3n) is 1.50. The van der Waals surface area contributed by atoms with Crippen LogP contribution in [-0.4, -0.2) is 11.3 Å². The first-order valence-electron chi connectivity index (χ1n) is 3.60. The van der Waals surface area contributed by atoms with Gasteiger partial charge >= 0.3 is 0 Å². The van der Waals surface area contributed by atoms with Crippen LogP contribution in [0.3, 0.4) is 0 Å². The molecule has 2 unspecified atom stereocenters. The lowest BCUT2D eigenvalue weighted by molar-refractivity contribution is -0.675. The van der Waals surface area contributed by atoms with E-state index in [1.54, 1.807) is 12.1 Å². The van der Waals surface area contributed by atoms with E-state index in [4.69, 9.17) is 0 Å². The zero-order chi connectivity index (χ0) is 9.14. The van der Waals surface area contributed by atoms with Gasteiger partial charge in [-0.1, -0.05) is 17.7 Å². The van der Waals surface area contributed by atoms with Crippen LogP contribution in [0.1, 0.15) is 5.56 Å². The summed E-state index contributed by atoms with van der Waals surface area (Å²) in [5.74, 6) is 0. The third-order valence-corrected chi connectivity index (χ3v) is 2.72. The van der Waals surface area contributed by atoms with Gasteiger partial charge in [-0.2, -0.15) is 4.21 Å². The van der Waals surface area contributed by atoms with Gasteiger partial charge in [0.25, 0.3) is 0 Å². The Morgan fingerprint density at radius 3 is 2.25 bits per heavy atom. The standard InChI is InChI=1S/C8H11NO2S/c1-7-3-5-8(6-4-7)12(11)9(2)10/h3-6,9H,1-2H3. The molecule has 4 heteroatoms. The van der Waals surface area contributed by atoms with Gasteiger partial charge in [-0.3, -0.25) is 4.47 Å². The zero-order valence-electron chi connectivity index (χ0n) is 7.03. The summed E-state index contributed by atoms with van der Waals surface area (Å²) in [5.41, 5.74) is 1.10. The highest BCUT2D eigenvalue weighted by Crippen LogP contribution is 2.04. The predicted molar refractivity (Wildman–Crippen MR) is 47.8 cm³/mol. The van der Waals surface area contributed by atoms with Crippen LogP contribution < -0.4 is 4.47 Å². The maximum atomic E-state index is 11.2. The largest absolute Gasteiger partial charge is 0.620 e. The number of benzene rings is 1. The average molecular weight is 185 g/mol. The molecule has 1 aromatic carbocycles. The molecule has 12 heavy (non-hydrogen) atoms. The van der Waals surface area contributed by atoms with Crippen molar-refractivity contribution in [2.75, 3.05) is 7.05 Å². The second-order valence-corrected chi connectivity index (χ2v) is 4.16. The van der Waals surface area contributed by atoms with E-state index >= 15 is 0 Å². The maximum absolute atomic E-state index is 11.2. The molecule has 3 nitrogen and oxygen atoms in total. The van der Waals surface area contributed by atoms with E-state index < -0.39 is 11.0 Å². The van der Waals surface area contributed by atoms with Gasteiger partial charge in [-0.05, 0) is 19.1 Å². The number of rotatable bonds is 2. The Kier molecular flexibility index (Phi) is 2.97. The first-order chi connectivity index (χ1) is 5.61. The van der Waals surface area contributed by atoms with Crippen LogP contribution in [0.15, 0.2) is 29.2 Å². The van der Waals surface area contributed by atoms with Crippen LogP contribution in [0.2, 0.25) is 0 Å². The van der Waals surface area contributed by atoms with Crippen molar-refractivity contribution < 1.29 is 8.68 Å². The lowest BCUT2D eigenvalue weighted by Gasteiger charge is -2.13. The first-order valence-corrected chi connectivity index (χ1v) is 4.75. The Morgan fingerprint density at radius 2 is 1.83 bits per heavy atom. The Labute approximate surface area is 74.2 Å². The van der Waals surface area contributed by atoms with Crippen molar-refractivity contribution in [1.29, 1.82) is 0 Å². The highest BCUT2D eigenvalue weighted by Gasteiger charge is 2.06. The highest BCUT2D eigenvalue weighted by molar-refractivity contribution is 7.78. The van der Waals surface area contributed by atoms with Crippen molar-refractivity contribution in [3.05, 3.63) is 35.0 Å². The molecule has 0 radical (unpaired) electrons. The molecule has 2 atom stereocenters. The summed E-state index contributed by atoms with van der Waals surface area (Å²) >= 11 is 0. The molecule has 0 aliphatic rings. The second kappa shape index (κ2) is 3.80. The molecule has 0 fully saturated rings. The van der Waals surface area contributed by atoms with Crippen LogP contribution in [0.5, 0.6) is 0 Å². The van der Waals surface area contributed by atoms with Crippen molar-refractivity contribution in [3.63, 3.8) is 0 Å². The summed E-state index contributed by atoms with van der Waals surface area (Å²) in [6, 6.07) is 7.12. The summed E-state index contributed by atoms with van der Waals surface area (Å²) in [6.07, 6.45) is 0. The Morgan fingerprint density at radius 1 is 1.33 bits per heavy atom. The minimum Gasteiger partial charge on any atom is -0.620 e. The van der Waals surface area contributed by atoms with Gasteiger partial charge < -0.3 is 5.21 Å². The summed E-state index contributed by atoms with van der Waals surface area (Å²) in [7, 11) is -0.153. The minimum atomic E-state index is -1.48. The topological polar surface area (TPSA) is 44.6 Å². The van der Waals surface area contributed by atoms with Crippen LogP contribution >= 0.6 is 0 Å². The molecule has 66 valence electrons. The fourth-order valence-corrected chi connectivity index (χ4v) is 1.54. The van der Waals surface area contributed by atoms with Crippen molar-refractivity contribution in [2.45, 2.75) is 11.8 Å². The quantitative estimate of drug-likeness (QED) is 0.661. The van der Waals surface area contributed by atoms with Crippen LogP contribution in [0.25, 0.3) is 0 Å². The molecular weight excluding hydrogens is 174 g/mol. The molecule has 0 amide bonds. The van der Waals surface area contributed by atoms with Gasteiger partial charge in [0.15, 0.2) is 0 Å². The van der Waals surface area contributed by atoms with E-state index in [0.717, 1.165) is 5.56 Å². The van der Waals surface area contributed by atoms with E-state index in [1.807, 2.05) is 19.1 Å². The SMILES string of the molecule is Cc1ccc(S(=O)[NH+](C)[O-])cc1. The average Bonchev–Trinajstić information content (AvgIpc) is 2.04. The van der Waals surface area contributed by atoms with Gasteiger partial charge in [0.2, 0.25) is 11.0 Å². The van der Waals surface area contributed by atoms with E-state index in [9.17, 15) is 9.42 Å². The Bertz CT molecular complexity index is 282. The van der Waals surface area contributed by atoms with Crippen molar-refractivity contribution in [2.24, 2.45) is 0 Å². The fourth-order valence-electron chi connectivity index (χ4n) is 0.828. The van der Waals surface area contributed by atoms with Crippen LogP contribution in [-0.2, 0) is 11.0 Å². The van der Waals surface area contributed by atoms with E-state index in [2.05, 4.69) is 0 Å². The summed E-state index contributed by atoms with van der Waals surface area (Å²) < 4.78 is 10.9. The van der Waals surface area contributed by atoms with Crippen molar-refractivity contribution >= 4 is 11.0 Å². The van der Waals surface area contributed by atoms with Gasteiger partial charge in [-0.25, -0.2) is 0 Å². The molecule has 1 aromatic rings. The smallest absolute Gasteiger partial charge is 0.238 e. The van der Waals surface area contributed by atoms with Gasteiger partial charge in [0, 0.05) is 0 Å². The normalized spacial score (nSPS) is 15.6. The second-order valence-electron chi connectivity index (χ2n) is 2.57. The molecule has 1 N–H and O–H groups in total. The van der Waals surface area contributed by atoms with E-state index in [1.165, 1.54) is 7.05 Å². The van der Waals surface area contributed by atoms with Crippen LogP contribution in [0.4, 0.5) is 0 Å². The fraction of sp³-hybridized carbons (Fsp3) is 0.250. The third kappa shape index (κ3) is 2.14. The van der Waals surface area contributed by atoms with Crippen molar-refractivity contribution in [3.8, 4) is 0 Å². The number of nitrogens with one attached hydrogen (secondary N) is 1. The van der Waals surface area contributed by atoms with Gasteiger partial charge in [-0.15, -0.1) is 0 Å². The highest BCUT2D eigenvalue weighted by atomic mass is 32.2. The molecule has 1 rings (SSSR count). The minimum absolute atomic E-state index is 0.307. The number of aryl methyl sites for hydroxylation is 1. The Balaban J connectivity index is 2.90. The number of hydrogen-bond donors (Lipinski definition) is 1. The number of hydroxylamine groups is 1. The van der Waals surface area contributed by atoms with Gasteiger partial charge in [0.05, 0.1) is 11.9 Å². The molecule has 0 spiro atoms. The predicted octanol–water partition coefficient (Wildman–Crippen LogP) is 0.0301. The lowest BCUT2D eigenvalue weighted by atomic mass is 10.2. The van der Waals surface area contributed by atoms with Crippen LogP contribution in [0, 0.1) is 12.1 Å². The molecule has 0 saturated heterocycles. The molecule has 0 aliphatic carbocycles.